The van der Waals surface area contributed by atoms with E-state index in [0.717, 1.165) is 48.0 Å². The van der Waals surface area contributed by atoms with E-state index in [1.807, 2.05) is 13.8 Å². The van der Waals surface area contributed by atoms with Crippen LogP contribution in [0.4, 0.5) is 0 Å². The first-order valence-electron chi connectivity index (χ1n) is 9.90. The molecule has 0 radical (unpaired) electrons. The molecule has 1 aliphatic rings. The minimum Gasteiger partial charge on any atom is -0.379 e. The summed E-state index contributed by atoms with van der Waals surface area (Å²) in [6, 6.07) is 0.284. The van der Waals surface area contributed by atoms with Gasteiger partial charge >= 0.3 is 0 Å². The zero-order chi connectivity index (χ0) is 20.3. The molecular weight excluding hydrogens is 376 g/mol. The van der Waals surface area contributed by atoms with E-state index in [1.165, 1.54) is 22.2 Å². The smallest absolute Gasteiger partial charge is 0.262 e. The lowest BCUT2D eigenvalue weighted by Gasteiger charge is -2.35. The molecule has 1 saturated heterocycles. The monoisotopic (exact) mass is 406 g/mol. The number of thiophene rings is 1. The molecular formula is C20H30N4O3S. The molecule has 1 N–H and O–H groups in total. The van der Waals surface area contributed by atoms with Gasteiger partial charge in [-0.3, -0.25) is 19.1 Å². The first-order chi connectivity index (χ1) is 13.4. The van der Waals surface area contributed by atoms with Gasteiger partial charge in [0.2, 0.25) is 5.91 Å². The standard InChI is InChI=1S/C20H30N4O3S/c1-13(2)9-16(23-5-7-27-8-6-23)10-21-17(25)11-24-12-22-19-18(20(24)26)14(3)15(4)28-19/h12-13,16H,5-11H2,1-4H3,(H,21,25). The molecule has 7 nitrogen and oxygen atoms in total. The second-order valence-corrected chi connectivity index (χ2v) is 9.08. The third-order valence-corrected chi connectivity index (χ3v) is 6.43. The topological polar surface area (TPSA) is 76.5 Å². The predicted molar refractivity (Wildman–Crippen MR) is 112 cm³/mol. The van der Waals surface area contributed by atoms with Crippen LogP contribution in [0.15, 0.2) is 11.1 Å². The molecule has 0 aromatic carbocycles. The van der Waals surface area contributed by atoms with Crippen LogP contribution in [0.3, 0.4) is 0 Å². The number of rotatable bonds is 7. The molecule has 3 heterocycles. The maximum atomic E-state index is 12.8. The lowest BCUT2D eigenvalue weighted by molar-refractivity contribution is -0.122. The molecule has 1 atom stereocenters. The quantitative estimate of drug-likeness (QED) is 0.760. The fourth-order valence-electron chi connectivity index (χ4n) is 3.67. The molecule has 28 heavy (non-hydrogen) atoms. The Morgan fingerprint density at radius 2 is 2.04 bits per heavy atom. The molecule has 8 heteroatoms. The Labute approximate surface area is 169 Å². The zero-order valence-corrected chi connectivity index (χ0v) is 18.0. The summed E-state index contributed by atoms with van der Waals surface area (Å²) < 4.78 is 6.85. The van der Waals surface area contributed by atoms with E-state index in [9.17, 15) is 9.59 Å². The van der Waals surface area contributed by atoms with Crippen LogP contribution in [-0.4, -0.2) is 59.2 Å². The van der Waals surface area contributed by atoms with Crippen molar-refractivity contribution in [2.75, 3.05) is 32.8 Å². The van der Waals surface area contributed by atoms with Crippen molar-refractivity contribution in [3.8, 4) is 0 Å². The molecule has 1 amide bonds. The first kappa shape index (κ1) is 21.0. The van der Waals surface area contributed by atoms with Gasteiger partial charge in [0.15, 0.2) is 0 Å². The summed E-state index contributed by atoms with van der Waals surface area (Å²) in [7, 11) is 0. The summed E-state index contributed by atoms with van der Waals surface area (Å²) in [6.45, 7) is 12.1. The van der Waals surface area contributed by atoms with Crippen molar-refractivity contribution in [3.63, 3.8) is 0 Å². The lowest BCUT2D eigenvalue weighted by atomic mass is 10.0. The van der Waals surface area contributed by atoms with Crippen molar-refractivity contribution in [2.45, 2.75) is 46.7 Å². The van der Waals surface area contributed by atoms with Gasteiger partial charge in [0, 0.05) is 30.6 Å². The molecule has 3 rings (SSSR count). The molecule has 0 spiro atoms. The first-order valence-corrected chi connectivity index (χ1v) is 10.7. The third kappa shape index (κ3) is 4.79. The van der Waals surface area contributed by atoms with Crippen molar-refractivity contribution >= 4 is 27.5 Å². The number of aryl methyl sites for hydroxylation is 2. The van der Waals surface area contributed by atoms with Gasteiger partial charge < -0.3 is 10.1 Å². The molecule has 2 aromatic heterocycles. The van der Waals surface area contributed by atoms with Crippen molar-refractivity contribution in [3.05, 3.63) is 27.1 Å². The fraction of sp³-hybridized carbons (Fsp3) is 0.650. The average molecular weight is 407 g/mol. The number of amides is 1. The lowest BCUT2D eigenvalue weighted by Crippen LogP contribution is -2.49. The number of nitrogens with zero attached hydrogens (tertiary/aromatic N) is 3. The Morgan fingerprint density at radius 3 is 2.71 bits per heavy atom. The number of nitrogens with one attached hydrogen (secondary N) is 1. The largest absolute Gasteiger partial charge is 0.379 e. The second-order valence-electron chi connectivity index (χ2n) is 7.88. The van der Waals surface area contributed by atoms with Gasteiger partial charge in [-0.25, -0.2) is 4.98 Å². The van der Waals surface area contributed by atoms with Crippen LogP contribution in [0, 0.1) is 19.8 Å². The summed E-state index contributed by atoms with van der Waals surface area (Å²) >= 11 is 1.52. The number of morpholine rings is 1. The Bertz CT molecular complexity index is 883. The van der Waals surface area contributed by atoms with Gasteiger partial charge in [-0.05, 0) is 31.7 Å². The highest BCUT2D eigenvalue weighted by molar-refractivity contribution is 7.18. The molecule has 0 bridgehead atoms. The van der Waals surface area contributed by atoms with Gasteiger partial charge in [0.1, 0.15) is 11.4 Å². The third-order valence-electron chi connectivity index (χ3n) is 5.31. The van der Waals surface area contributed by atoms with Crippen LogP contribution < -0.4 is 10.9 Å². The summed E-state index contributed by atoms with van der Waals surface area (Å²) in [5, 5.41) is 3.65. The minimum absolute atomic E-state index is 0.00633. The SMILES string of the molecule is Cc1sc2ncn(CC(=O)NCC(CC(C)C)N3CCOCC3)c(=O)c2c1C. The maximum Gasteiger partial charge on any atom is 0.262 e. The molecule has 1 fully saturated rings. The van der Waals surface area contributed by atoms with E-state index in [0.29, 0.717) is 17.8 Å². The van der Waals surface area contributed by atoms with Crippen molar-refractivity contribution in [1.82, 2.24) is 19.8 Å². The van der Waals surface area contributed by atoms with E-state index in [2.05, 4.69) is 29.0 Å². The van der Waals surface area contributed by atoms with E-state index in [4.69, 9.17) is 4.74 Å². The number of carbonyl (C=O) groups is 1. The maximum absolute atomic E-state index is 12.8. The normalized spacial score (nSPS) is 16.6. The van der Waals surface area contributed by atoms with Crippen LogP contribution in [0.25, 0.3) is 10.2 Å². The Balaban J connectivity index is 1.65. The highest BCUT2D eigenvalue weighted by Gasteiger charge is 2.22. The Morgan fingerprint density at radius 1 is 1.32 bits per heavy atom. The van der Waals surface area contributed by atoms with E-state index in [-0.39, 0.29) is 24.1 Å². The molecule has 154 valence electrons. The fourth-order valence-corrected chi connectivity index (χ4v) is 4.66. The summed E-state index contributed by atoms with van der Waals surface area (Å²) in [5.41, 5.74) is 0.811. The second kappa shape index (κ2) is 9.15. The Kier molecular flexibility index (Phi) is 6.85. The van der Waals surface area contributed by atoms with Crippen LogP contribution in [0.1, 0.15) is 30.7 Å². The van der Waals surface area contributed by atoms with Gasteiger partial charge in [-0.15, -0.1) is 11.3 Å². The van der Waals surface area contributed by atoms with Crippen molar-refractivity contribution in [2.24, 2.45) is 5.92 Å². The average Bonchev–Trinajstić information content (AvgIpc) is 2.96. The van der Waals surface area contributed by atoms with Crippen LogP contribution >= 0.6 is 11.3 Å². The number of fused-ring (bicyclic) bond motifs is 1. The van der Waals surface area contributed by atoms with Crippen LogP contribution in [-0.2, 0) is 16.1 Å². The zero-order valence-electron chi connectivity index (χ0n) is 17.2. The van der Waals surface area contributed by atoms with Crippen LogP contribution in [0.5, 0.6) is 0 Å². The van der Waals surface area contributed by atoms with E-state index in [1.54, 1.807) is 0 Å². The van der Waals surface area contributed by atoms with Gasteiger partial charge in [-0.2, -0.15) is 0 Å². The molecule has 1 unspecified atom stereocenters. The van der Waals surface area contributed by atoms with Crippen LogP contribution in [0.2, 0.25) is 0 Å². The highest BCUT2D eigenvalue weighted by atomic mass is 32.1. The molecule has 0 saturated carbocycles. The van der Waals surface area contributed by atoms with Crippen molar-refractivity contribution in [1.29, 1.82) is 0 Å². The van der Waals surface area contributed by atoms with E-state index >= 15 is 0 Å². The number of ether oxygens (including phenoxy) is 1. The molecule has 2 aromatic rings. The number of carbonyl (C=O) groups excluding carboxylic acids is 1. The minimum atomic E-state index is -0.158. The van der Waals surface area contributed by atoms with Gasteiger partial charge in [-0.1, -0.05) is 13.8 Å². The number of aromatic nitrogens is 2. The highest BCUT2D eigenvalue weighted by Crippen LogP contribution is 2.25. The van der Waals surface area contributed by atoms with Gasteiger partial charge in [0.25, 0.3) is 5.56 Å². The Hall–Kier alpha value is -1.77. The van der Waals surface area contributed by atoms with Gasteiger partial charge in [0.05, 0.1) is 24.9 Å². The molecule has 0 aliphatic carbocycles. The predicted octanol–water partition coefficient (Wildman–Crippen LogP) is 1.94. The van der Waals surface area contributed by atoms with E-state index < -0.39 is 0 Å². The number of hydrogen-bond acceptors (Lipinski definition) is 6. The molecule has 1 aliphatic heterocycles. The summed E-state index contributed by atoms with van der Waals surface area (Å²) in [4.78, 5) is 33.9. The van der Waals surface area contributed by atoms with Crippen molar-refractivity contribution < 1.29 is 9.53 Å². The summed E-state index contributed by atoms with van der Waals surface area (Å²) in [5.74, 6) is 0.388. The summed E-state index contributed by atoms with van der Waals surface area (Å²) in [6.07, 6.45) is 2.49. The number of hydrogen-bond donors (Lipinski definition) is 1.